The molecule has 0 bridgehead atoms. The van der Waals surface area contributed by atoms with Gasteiger partial charge in [-0.1, -0.05) is 34.6 Å². The van der Waals surface area contributed by atoms with Crippen LogP contribution in [0.1, 0.15) is 34.6 Å². The molecule has 1 saturated heterocycles. The van der Waals surface area contributed by atoms with Crippen LogP contribution in [0.2, 0.25) is 0 Å². The van der Waals surface area contributed by atoms with E-state index in [9.17, 15) is 19.5 Å². The van der Waals surface area contributed by atoms with Gasteiger partial charge in [0, 0.05) is 18.7 Å². The fourth-order valence-corrected chi connectivity index (χ4v) is 4.30. The second-order valence-electron chi connectivity index (χ2n) is 9.08. The Bertz CT molecular complexity index is 792. The van der Waals surface area contributed by atoms with E-state index in [0.29, 0.717) is 12.2 Å². The molecule has 7 heteroatoms. The second-order valence-corrected chi connectivity index (χ2v) is 9.08. The van der Waals surface area contributed by atoms with Crippen LogP contribution in [0.3, 0.4) is 0 Å². The first-order valence-electron chi connectivity index (χ1n) is 8.93. The van der Waals surface area contributed by atoms with E-state index in [0.717, 1.165) is 0 Å². The van der Waals surface area contributed by atoms with E-state index in [1.807, 2.05) is 20.8 Å². The van der Waals surface area contributed by atoms with Gasteiger partial charge >= 0.3 is 5.97 Å². The number of pyridine rings is 1. The summed E-state index contributed by atoms with van der Waals surface area (Å²) in [6, 6.07) is 1.79. The van der Waals surface area contributed by atoms with Crippen LogP contribution in [0.15, 0.2) is 23.1 Å². The molecule has 7 nitrogen and oxygen atoms in total. The van der Waals surface area contributed by atoms with E-state index in [1.165, 1.54) is 11.1 Å². The van der Waals surface area contributed by atoms with Crippen LogP contribution >= 0.6 is 0 Å². The lowest BCUT2D eigenvalue weighted by Gasteiger charge is -2.37. The van der Waals surface area contributed by atoms with Crippen LogP contribution in [-0.4, -0.2) is 45.5 Å². The Morgan fingerprint density at radius 3 is 2.58 bits per heavy atom. The normalized spacial score (nSPS) is 27.6. The first-order valence-corrected chi connectivity index (χ1v) is 8.93. The third-order valence-corrected chi connectivity index (χ3v) is 5.98. The number of anilines is 1. The summed E-state index contributed by atoms with van der Waals surface area (Å²) in [6.45, 7) is 10.3. The van der Waals surface area contributed by atoms with Gasteiger partial charge in [-0.3, -0.25) is 9.59 Å². The number of likely N-dealkylation sites (tertiary alicyclic amines) is 1. The largest absolute Gasteiger partial charge is 0.480 e. The molecule has 1 amide bonds. The highest BCUT2D eigenvalue weighted by Crippen LogP contribution is 2.65. The van der Waals surface area contributed by atoms with Crippen LogP contribution in [0, 0.1) is 22.7 Å². The zero-order valence-electron chi connectivity index (χ0n) is 15.9. The Kier molecular flexibility index (Phi) is 4.16. The molecule has 1 aliphatic heterocycles. The van der Waals surface area contributed by atoms with Crippen molar-refractivity contribution in [2.24, 2.45) is 22.7 Å². The number of carbonyl (C=O) groups excluding carboxylic acids is 1. The highest BCUT2D eigenvalue weighted by molar-refractivity contribution is 5.91. The number of H-pyrrole nitrogens is 1. The monoisotopic (exact) mass is 361 g/mol. The molecule has 3 N–H and O–H groups in total. The average molecular weight is 361 g/mol. The van der Waals surface area contributed by atoms with Gasteiger partial charge < -0.3 is 20.3 Å². The number of nitrogens with one attached hydrogen (secondary N) is 2. The molecule has 1 aromatic rings. The summed E-state index contributed by atoms with van der Waals surface area (Å²) in [5, 5.41) is 12.8. The molecule has 2 aliphatic rings. The number of carboxylic acid groups (broad SMARTS) is 1. The Hall–Kier alpha value is -2.31. The maximum Gasteiger partial charge on any atom is 0.326 e. The van der Waals surface area contributed by atoms with Gasteiger partial charge in [-0.2, -0.15) is 0 Å². The standard InChI is InChI=1S/C19H27N3O4/c1-18(2,3)14(21-11-7-6-8-20-15(11)23)16(24)22-9-10-12(19(10,4)5)13(22)17(25)26/h6-8,10,12-14,21H,9H2,1-5H3,(H,20,23)(H,25,26)/t10-,12-,13-,14?/m0/s1. The highest BCUT2D eigenvalue weighted by Gasteiger charge is 2.70. The summed E-state index contributed by atoms with van der Waals surface area (Å²) in [6.07, 6.45) is 1.53. The number of rotatable bonds is 4. The summed E-state index contributed by atoms with van der Waals surface area (Å²) in [7, 11) is 0. The van der Waals surface area contributed by atoms with E-state index in [1.54, 1.807) is 12.1 Å². The number of carbonyl (C=O) groups is 2. The Labute approximate surface area is 152 Å². The molecule has 2 fully saturated rings. The zero-order chi connectivity index (χ0) is 19.4. The molecule has 0 aromatic carbocycles. The number of hydrogen-bond donors (Lipinski definition) is 3. The molecule has 142 valence electrons. The summed E-state index contributed by atoms with van der Waals surface area (Å²) < 4.78 is 0. The molecule has 1 unspecified atom stereocenters. The minimum absolute atomic E-state index is 0.00954. The maximum absolute atomic E-state index is 13.3. The van der Waals surface area contributed by atoms with Crippen molar-refractivity contribution >= 4 is 17.6 Å². The van der Waals surface area contributed by atoms with Gasteiger partial charge in [-0.05, 0) is 28.9 Å². The van der Waals surface area contributed by atoms with Crippen molar-refractivity contribution in [1.29, 1.82) is 0 Å². The van der Waals surface area contributed by atoms with Gasteiger partial charge in [-0.25, -0.2) is 4.79 Å². The van der Waals surface area contributed by atoms with Gasteiger partial charge in [0.2, 0.25) is 5.91 Å². The van der Waals surface area contributed by atoms with Crippen molar-refractivity contribution in [2.75, 3.05) is 11.9 Å². The van der Waals surface area contributed by atoms with Gasteiger partial charge in [0.05, 0.1) is 0 Å². The smallest absolute Gasteiger partial charge is 0.326 e. The fraction of sp³-hybridized carbons (Fsp3) is 0.632. The van der Waals surface area contributed by atoms with E-state index in [-0.39, 0.29) is 28.7 Å². The van der Waals surface area contributed by atoms with Gasteiger partial charge in [0.1, 0.15) is 17.8 Å². The molecule has 4 atom stereocenters. The van der Waals surface area contributed by atoms with Crippen molar-refractivity contribution in [2.45, 2.75) is 46.7 Å². The Balaban J connectivity index is 1.88. The number of carboxylic acids is 1. The molecule has 0 radical (unpaired) electrons. The lowest BCUT2D eigenvalue weighted by molar-refractivity contribution is -0.151. The molecule has 1 aromatic heterocycles. The molecule has 3 rings (SSSR count). The molecular weight excluding hydrogens is 334 g/mol. The number of nitrogens with zero attached hydrogens (tertiary/aromatic N) is 1. The van der Waals surface area contributed by atoms with Crippen molar-refractivity contribution < 1.29 is 14.7 Å². The SMILES string of the molecule is CC(C)(C)C(Nc1ccc[nH]c1=O)C(=O)N1C[C@H]2[C@@H]([C@H]1C(=O)O)C2(C)C. The highest BCUT2D eigenvalue weighted by atomic mass is 16.4. The van der Waals surface area contributed by atoms with Crippen molar-refractivity contribution in [3.8, 4) is 0 Å². The minimum Gasteiger partial charge on any atom is -0.480 e. The Morgan fingerprint density at radius 2 is 2.04 bits per heavy atom. The van der Waals surface area contributed by atoms with Crippen LogP contribution in [-0.2, 0) is 9.59 Å². The van der Waals surface area contributed by atoms with Crippen molar-refractivity contribution in [3.63, 3.8) is 0 Å². The van der Waals surface area contributed by atoms with Crippen LogP contribution in [0.5, 0.6) is 0 Å². The number of aromatic amines is 1. The predicted molar refractivity (Wildman–Crippen MR) is 97.8 cm³/mol. The van der Waals surface area contributed by atoms with Gasteiger partial charge in [0.15, 0.2) is 0 Å². The number of aromatic nitrogens is 1. The third-order valence-electron chi connectivity index (χ3n) is 5.98. The fourth-order valence-electron chi connectivity index (χ4n) is 4.30. The van der Waals surface area contributed by atoms with Crippen molar-refractivity contribution in [1.82, 2.24) is 9.88 Å². The van der Waals surface area contributed by atoms with Gasteiger partial charge in [-0.15, -0.1) is 0 Å². The number of piperidine rings is 1. The van der Waals surface area contributed by atoms with Crippen molar-refractivity contribution in [3.05, 3.63) is 28.7 Å². The van der Waals surface area contributed by atoms with Gasteiger partial charge in [0.25, 0.3) is 5.56 Å². The molecule has 26 heavy (non-hydrogen) atoms. The molecular formula is C19H27N3O4. The Morgan fingerprint density at radius 1 is 1.38 bits per heavy atom. The first-order chi connectivity index (χ1) is 12.0. The first kappa shape index (κ1) is 18.5. The lowest BCUT2D eigenvalue weighted by Crippen LogP contribution is -2.55. The third kappa shape index (κ3) is 2.89. The summed E-state index contributed by atoms with van der Waals surface area (Å²) in [4.78, 5) is 41.2. The van der Waals surface area contributed by atoms with E-state index >= 15 is 0 Å². The van der Waals surface area contributed by atoms with Crippen LogP contribution in [0.25, 0.3) is 0 Å². The number of fused-ring (bicyclic) bond motifs is 1. The minimum atomic E-state index is -0.957. The summed E-state index contributed by atoms with van der Waals surface area (Å²) >= 11 is 0. The molecule has 1 saturated carbocycles. The van der Waals surface area contributed by atoms with Crippen LogP contribution in [0.4, 0.5) is 5.69 Å². The second kappa shape index (κ2) is 5.86. The molecule has 0 spiro atoms. The number of aliphatic carboxylic acids is 1. The summed E-state index contributed by atoms with van der Waals surface area (Å²) in [5.41, 5.74) is -0.543. The topological polar surface area (TPSA) is 103 Å². The quantitative estimate of drug-likeness (QED) is 0.758. The molecule has 1 aliphatic carbocycles. The predicted octanol–water partition coefficient (Wildman–Crippen LogP) is 1.77. The summed E-state index contributed by atoms with van der Waals surface area (Å²) in [5.74, 6) is -1.02. The number of hydrogen-bond acceptors (Lipinski definition) is 4. The number of amides is 1. The average Bonchev–Trinajstić information content (AvgIpc) is 2.90. The molecule has 2 heterocycles. The van der Waals surface area contributed by atoms with E-state index in [4.69, 9.17) is 0 Å². The zero-order valence-corrected chi connectivity index (χ0v) is 15.9. The van der Waals surface area contributed by atoms with E-state index in [2.05, 4.69) is 24.1 Å². The van der Waals surface area contributed by atoms with Crippen LogP contribution < -0.4 is 10.9 Å². The lowest BCUT2D eigenvalue weighted by atomic mass is 9.85. The van der Waals surface area contributed by atoms with E-state index < -0.39 is 23.5 Å². The maximum atomic E-state index is 13.3.